The van der Waals surface area contributed by atoms with E-state index in [9.17, 15) is 14.4 Å². The number of aldehydes is 1. The second-order valence-electron chi connectivity index (χ2n) is 5.43. The molecule has 0 spiro atoms. The fourth-order valence-electron chi connectivity index (χ4n) is 2.18. The summed E-state index contributed by atoms with van der Waals surface area (Å²) in [6, 6.07) is 10.7. The van der Waals surface area contributed by atoms with Crippen LogP contribution in [0.1, 0.15) is 16.1 Å². The van der Waals surface area contributed by atoms with Gasteiger partial charge >= 0.3 is 0 Å². The second kappa shape index (κ2) is 11.6. The maximum atomic E-state index is 12.3. The van der Waals surface area contributed by atoms with Crippen LogP contribution in [0.3, 0.4) is 0 Å². The lowest BCUT2D eigenvalue weighted by Crippen LogP contribution is -2.30. The van der Waals surface area contributed by atoms with Crippen molar-refractivity contribution in [2.24, 2.45) is 0 Å². The molecule has 0 aliphatic rings. The molecule has 8 nitrogen and oxygen atoms in total. The zero-order valence-corrected chi connectivity index (χ0v) is 14.8. The van der Waals surface area contributed by atoms with E-state index in [4.69, 9.17) is 14.2 Å². The van der Waals surface area contributed by atoms with Gasteiger partial charge in [-0.2, -0.15) is 0 Å². The van der Waals surface area contributed by atoms with Crippen molar-refractivity contribution in [3.05, 3.63) is 64.1 Å². The molecule has 1 amide bonds. The van der Waals surface area contributed by atoms with Gasteiger partial charge in [0, 0.05) is 18.8 Å². The van der Waals surface area contributed by atoms with Crippen LogP contribution in [0.5, 0.6) is 5.75 Å². The summed E-state index contributed by atoms with van der Waals surface area (Å²) in [5, 5.41) is 2.66. The van der Waals surface area contributed by atoms with E-state index in [1.807, 2.05) is 30.3 Å². The zero-order valence-electron chi connectivity index (χ0n) is 14.8. The number of hydrogen-bond donors (Lipinski definition) is 2. The van der Waals surface area contributed by atoms with Crippen molar-refractivity contribution in [2.75, 3.05) is 33.0 Å². The summed E-state index contributed by atoms with van der Waals surface area (Å²) in [6.07, 6.45) is 2.06. The van der Waals surface area contributed by atoms with E-state index < -0.39 is 5.91 Å². The van der Waals surface area contributed by atoms with Crippen LogP contribution in [0, 0.1) is 0 Å². The number of carbonyl (C=O) groups is 2. The highest BCUT2D eigenvalue weighted by Gasteiger charge is 2.16. The number of nitrogens with one attached hydrogen (secondary N) is 2. The fraction of sp³-hybridized carbons (Fsp3) is 0.316. The Labute approximate surface area is 156 Å². The minimum atomic E-state index is -0.462. The van der Waals surface area contributed by atoms with E-state index in [0.717, 1.165) is 5.56 Å². The predicted molar refractivity (Wildman–Crippen MR) is 97.9 cm³/mol. The van der Waals surface area contributed by atoms with Crippen LogP contribution in [0.15, 0.2) is 47.4 Å². The maximum Gasteiger partial charge on any atom is 0.271 e. The summed E-state index contributed by atoms with van der Waals surface area (Å²) < 4.78 is 15.8. The number of benzene rings is 1. The van der Waals surface area contributed by atoms with Crippen LogP contribution in [0.2, 0.25) is 0 Å². The third-order valence-corrected chi connectivity index (χ3v) is 3.46. The molecular formula is C19H22N2O6. The lowest BCUT2D eigenvalue weighted by Gasteiger charge is -2.11. The first-order valence-corrected chi connectivity index (χ1v) is 8.48. The lowest BCUT2D eigenvalue weighted by atomic mass is 10.2. The van der Waals surface area contributed by atoms with Crippen LogP contribution < -0.4 is 15.5 Å². The Morgan fingerprint density at radius 3 is 2.63 bits per heavy atom. The second-order valence-corrected chi connectivity index (χ2v) is 5.43. The first kappa shape index (κ1) is 20.3. The SMILES string of the molecule is O=CCOCCOCCNC(=O)c1[nH]ccc(=O)c1OCc1ccccc1. The molecule has 27 heavy (non-hydrogen) atoms. The monoisotopic (exact) mass is 374 g/mol. The molecule has 0 atom stereocenters. The Balaban J connectivity index is 1.84. The standard InChI is InChI=1S/C19H22N2O6/c22-9-11-26-13-12-25-10-8-21-19(24)17-18(16(23)6-7-20-17)27-14-15-4-2-1-3-5-15/h1-7,9H,8,10-14H2,(H,20,23)(H,21,24). The highest BCUT2D eigenvalue weighted by molar-refractivity contribution is 5.94. The molecule has 0 unspecified atom stereocenters. The van der Waals surface area contributed by atoms with Crippen molar-refractivity contribution < 1.29 is 23.8 Å². The number of hydrogen-bond acceptors (Lipinski definition) is 6. The summed E-state index contributed by atoms with van der Waals surface area (Å²) in [4.78, 5) is 37.2. The van der Waals surface area contributed by atoms with Crippen LogP contribution >= 0.6 is 0 Å². The normalized spacial score (nSPS) is 10.4. The van der Waals surface area contributed by atoms with Crippen molar-refractivity contribution >= 4 is 12.2 Å². The van der Waals surface area contributed by atoms with E-state index in [2.05, 4.69) is 10.3 Å². The molecule has 0 aliphatic carbocycles. The zero-order chi connectivity index (χ0) is 19.3. The van der Waals surface area contributed by atoms with Gasteiger partial charge in [-0.15, -0.1) is 0 Å². The Bertz CT molecular complexity index is 775. The molecule has 1 heterocycles. The van der Waals surface area contributed by atoms with Crippen LogP contribution in [0.4, 0.5) is 0 Å². The first-order valence-electron chi connectivity index (χ1n) is 8.48. The van der Waals surface area contributed by atoms with Crippen molar-refractivity contribution in [1.29, 1.82) is 0 Å². The van der Waals surface area contributed by atoms with E-state index in [1.54, 1.807) is 0 Å². The fourth-order valence-corrected chi connectivity index (χ4v) is 2.18. The first-order chi connectivity index (χ1) is 13.2. The van der Waals surface area contributed by atoms with E-state index in [1.165, 1.54) is 12.3 Å². The molecule has 144 valence electrons. The van der Waals surface area contributed by atoms with Crippen LogP contribution in [-0.2, 0) is 20.9 Å². The summed E-state index contributed by atoms with van der Waals surface area (Å²) >= 11 is 0. The molecule has 0 saturated heterocycles. The lowest BCUT2D eigenvalue weighted by molar-refractivity contribution is -0.112. The molecule has 0 radical (unpaired) electrons. The van der Waals surface area contributed by atoms with E-state index >= 15 is 0 Å². The molecule has 0 saturated carbocycles. The topological polar surface area (TPSA) is 107 Å². The van der Waals surface area contributed by atoms with E-state index in [0.29, 0.717) is 19.5 Å². The van der Waals surface area contributed by atoms with Crippen molar-refractivity contribution in [3.63, 3.8) is 0 Å². The maximum absolute atomic E-state index is 12.3. The minimum Gasteiger partial charge on any atom is -0.483 e. The number of aromatic nitrogens is 1. The van der Waals surface area contributed by atoms with Gasteiger partial charge in [0.2, 0.25) is 5.43 Å². The Morgan fingerprint density at radius 2 is 1.85 bits per heavy atom. The van der Waals surface area contributed by atoms with Crippen molar-refractivity contribution in [2.45, 2.75) is 6.61 Å². The number of ether oxygens (including phenoxy) is 3. The highest BCUT2D eigenvalue weighted by Crippen LogP contribution is 2.12. The average molecular weight is 374 g/mol. The van der Waals surface area contributed by atoms with Crippen molar-refractivity contribution in [1.82, 2.24) is 10.3 Å². The van der Waals surface area contributed by atoms with Crippen LogP contribution in [-0.4, -0.2) is 50.1 Å². The molecule has 0 fully saturated rings. The van der Waals surface area contributed by atoms with Gasteiger partial charge in [-0.3, -0.25) is 9.59 Å². The largest absolute Gasteiger partial charge is 0.483 e. The van der Waals surface area contributed by atoms with Gasteiger partial charge in [0.25, 0.3) is 5.91 Å². The number of rotatable bonds is 12. The van der Waals surface area contributed by atoms with Gasteiger partial charge in [-0.05, 0) is 5.56 Å². The molecule has 2 N–H and O–H groups in total. The predicted octanol–water partition coefficient (Wildman–Crippen LogP) is 0.916. The molecular weight excluding hydrogens is 352 g/mol. The Hall–Kier alpha value is -2.97. The van der Waals surface area contributed by atoms with Gasteiger partial charge < -0.3 is 29.3 Å². The number of amides is 1. The van der Waals surface area contributed by atoms with Gasteiger partial charge in [-0.1, -0.05) is 30.3 Å². The number of pyridine rings is 1. The molecule has 1 aromatic heterocycles. The van der Waals surface area contributed by atoms with Crippen LogP contribution in [0.25, 0.3) is 0 Å². The average Bonchev–Trinajstić information content (AvgIpc) is 2.69. The molecule has 1 aromatic carbocycles. The third kappa shape index (κ3) is 7.04. The quantitative estimate of drug-likeness (QED) is 0.423. The molecule has 8 heteroatoms. The van der Waals surface area contributed by atoms with Gasteiger partial charge in [0.1, 0.15) is 19.5 Å². The Morgan fingerprint density at radius 1 is 1.07 bits per heavy atom. The number of carbonyl (C=O) groups excluding carboxylic acids is 2. The van der Waals surface area contributed by atoms with Gasteiger partial charge in [-0.25, -0.2) is 0 Å². The minimum absolute atomic E-state index is 0.0259. The van der Waals surface area contributed by atoms with Gasteiger partial charge in [0.15, 0.2) is 11.4 Å². The smallest absolute Gasteiger partial charge is 0.271 e. The Kier molecular flexibility index (Phi) is 8.75. The highest BCUT2D eigenvalue weighted by atomic mass is 16.5. The molecule has 0 aliphatic heterocycles. The molecule has 2 rings (SSSR count). The summed E-state index contributed by atoms with van der Waals surface area (Å²) in [5.41, 5.74) is 0.573. The van der Waals surface area contributed by atoms with E-state index in [-0.39, 0.29) is 43.2 Å². The summed E-state index contributed by atoms with van der Waals surface area (Å²) in [7, 11) is 0. The van der Waals surface area contributed by atoms with Crippen molar-refractivity contribution in [3.8, 4) is 5.75 Å². The number of aromatic amines is 1. The summed E-state index contributed by atoms with van der Waals surface area (Å²) in [5.74, 6) is -0.487. The number of H-pyrrole nitrogens is 1. The molecule has 0 bridgehead atoms. The van der Waals surface area contributed by atoms with Gasteiger partial charge in [0.05, 0.1) is 19.8 Å². The summed E-state index contributed by atoms with van der Waals surface area (Å²) in [6.45, 7) is 1.36. The molecule has 2 aromatic rings. The third-order valence-electron chi connectivity index (χ3n) is 3.46.